The maximum absolute atomic E-state index is 14.2. The topological polar surface area (TPSA) is 512 Å². The molecule has 6 aliphatic rings. The normalized spacial score (nSPS) is 34.0. The van der Waals surface area contributed by atoms with Gasteiger partial charge in [0.25, 0.3) is 0 Å². The summed E-state index contributed by atoms with van der Waals surface area (Å²) in [5.74, 6) is -7.06. The van der Waals surface area contributed by atoms with E-state index in [0.29, 0.717) is 51.1 Å². The molecule has 0 spiro atoms. The number of fused-ring (bicyclic) bond motifs is 6. The Morgan fingerprint density at radius 2 is 1.40 bits per heavy atom. The number of nitrogen functional groups attached to an aromatic ring is 1. The molecule has 10 unspecified atom stereocenters. The van der Waals surface area contributed by atoms with Crippen LogP contribution in [0.15, 0.2) is 73.7 Å². The van der Waals surface area contributed by atoms with Crippen molar-refractivity contribution in [2.75, 3.05) is 18.9 Å². The number of aliphatic hydroxyl groups is 2. The first kappa shape index (κ1) is 68.3. The molecular formula is C59H85N16O14P. The molecule has 7 amide bonds. The Hall–Kier alpha value is -7.60. The zero-order chi connectivity index (χ0) is 66.5. The number of ether oxygens (including phenoxy) is 1. The van der Waals surface area contributed by atoms with Crippen LogP contribution in [0.4, 0.5) is 5.82 Å². The third kappa shape index (κ3) is 13.3. The van der Waals surface area contributed by atoms with Crippen molar-refractivity contribution in [3.63, 3.8) is 0 Å². The number of imidazole rings is 1. The molecule has 31 heteroatoms. The molecule has 90 heavy (non-hydrogen) atoms. The summed E-state index contributed by atoms with van der Waals surface area (Å²) in [4.78, 5) is 132. The number of carbonyl (C=O) groups excluding carboxylic acids is 7. The number of allylic oxidation sites excluding steroid dienone is 7. The summed E-state index contributed by atoms with van der Waals surface area (Å²) >= 11 is 0. The number of hydrogen-bond acceptors (Lipinski definition) is 21. The quantitative estimate of drug-likeness (QED) is 0.0593. The summed E-state index contributed by atoms with van der Waals surface area (Å²) in [6.07, 6.45) is -1.54. The first-order valence-electron chi connectivity index (χ1n) is 29.9. The maximum Gasteiger partial charge on any atom is 0.472 e. The number of amides is 7. The molecule has 8 rings (SSSR count). The average Bonchev–Trinajstić information content (AvgIpc) is 1.55. The minimum absolute atomic E-state index is 0.00369. The lowest BCUT2D eigenvalue weighted by molar-refractivity contribution is -0.122. The Bertz CT molecular complexity index is 3580. The van der Waals surface area contributed by atoms with Crippen LogP contribution in [0.1, 0.15) is 139 Å². The van der Waals surface area contributed by atoms with E-state index < -0.39 is 137 Å². The van der Waals surface area contributed by atoms with E-state index in [4.69, 9.17) is 68.9 Å². The molecule has 0 aliphatic carbocycles. The molecule has 19 N–H and O–H groups in total. The molecule has 2 aromatic heterocycles. The summed E-state index contributed by atoms with van der Waals surface area (Å²) in [7, 11) is -4.93. The number of phosphoric ester groups is 1. The predicted octanol–water partition coefficient (Wildman–Crippen LogP) is 1.43. The zero-order valence-electron chi connectivity index (χ0n) is 52.1. The number of aromatic nitrogens is 4. The number of rotatable bonds is 26. The predicted molar refractivity (Wildman–Crippen MR) is 328 cm³/mol. The second-order valence-electron chi connectivity index (χ2n) is 26.2. The van der Waals surface area contributed by atoms with E-state index in [1.807, 2.05) is 54.5 Å². The van der Waals surface area contributed by atoms with E-state index in [1.54, 1.807) is 13.0 Å². The number of phosphoric acid groups is 1. The van der Waals surface area contributed by atoms with Crippen LogP contribution < -0.4 is 50.8 Å². The summed E-state index contributed by atoms with van der Waals surface area (Å²) in [6, 6.07) is 0. The van der Waals surface area contributed by atoms with Crippen molar-refractivity contribution in [2.45, 2.75) is 169 Å². The Kier molecular flexibility index (Phi) is 19.4. The lowest BCUT2D eigenvalue weighted by atomic mass is 9.60. The van der Waals surface area contributed by atoms with Gasteiger partial charge in [0, 0.05) is 131 Å². The average molecular weight is 1270 g/mol. The lowest BCUT2D eigenvalue weighted by Crippen LogP contribution is -2.46. The fourth-order valence-electron chi connectivity index (χ4n) is 14.5. The standard InChI is InChI=1S/C59H85N16O14P/c1-27(89-90(85,86)87-24-36-48(83)49(84)54(88-36)75-26-70-47-52(66)68-25-69-53(47)75)23-67-44(82)16-17-56(6)33(18-41(63)79)35-20-59(9)58(8,22-43(65)81)32(12-15-40(62)78)46(74-59)29(3)51-57(7,21-42(64)80)30(10-13-38(60)76)34(71-51)19-37-55(4,5)31(11-14-39(61)77)45(73-37)28(2)50(56)72-35/h19-20,25-27,30-33,36,48-49,54,71,83-84H,10-18,21-24H2,1-9H3,(H2,60,76)(H2,61,77)(H2,62,78)(H2,63,79)(H2,64,80)(H2,65,81)(H,67,82)(H,85,86)(H2,66,68,69)/b34-19-,35-20-,45-28-,51-29-/t27?,30?,31?,32?,33?,36-,48-,49-,54-,56?,57?,58?,59?/m1/s1. The van der Waals surface area contributed by atoms with Gasteiger partial charge in [-0.1, -0.05) is 34.6 Å². The molecule has 2 saturated heterocycles. The number of hydrogen-bond donors (Lipinski definition) is 12. The monoisotopic (exact) mass is 1270 g/mol. The molecule has 8 bridgehead atoms. The molecule has 0 aromatic carbocycles. The van der Waals surface area contributed by atoms with Gasteiger partial charge in [-0.25, -0.2) is 19.5 Å². The Morgan fingerprint density at radius 1 is 0.778 bits per heavy atom. The summed E-state index contributed by atoms with van der Waals surface area (Å²) in [5, 5.41) is 28.2. The van der Waals surface area contributed by atoms with Crippen LogP contribution in [0.2, 0.25) is 0 Å². The molecule has 0 saturated carbocycles. The van der Waals surface area contributed by atoms with Crippen LogP contribution in [-0.4, -0.2) is 136 Å². The van der Waals surface area contributed by atoms with Crippen molar-refractivity contribution in [1.29, 1.82) is 0 Å². The van der Waals surface area contributed by atoms with Crippen LogP contribution in [0, 0.1) is 45.3 Å². The van der Waals surface area contributed by atoms with Crippen molar-refractivity contribution in [1.82, 2.24) is 30.2 Å². The van der Waals surface area contributed by atoms with Crippen molar-refractivity contribution in [3.05, 3.63) is 58.7 Å². The minimum Gasteiger partial charge on any atom is -0.387 e. The fourth-order valence-corrected chi connectivity index (χ4v) is 15.4. The largest absolute Gasteiger partial charge is 0.472 e. The van der Waals surface area contributed by atoms with E-state index in [2.05, 4.69) is 25.6 Å². The number of nitrogens with two attached hydrogens (primary N) is 7. The number of aliphatic imine (C=N–C) groups is 3. The highest BCUT2D eigenvalue weighted by Crippen LogP contribution is 2.60. The fraction of sp³-hybridized carbons (Fsp3) is 0.610. The van der Waals surface area contributed by atoms with Gasteiger partial charge < -0.3 is 70.6 Å². The van der Waals surface area contributed by atoms with E-state index in [9.17, 15) is 53.2 Å². The highest BCUT2D eigenvalue weighted by molar-refractivity contribution is 7.47. The second-order valence-corrected chi connectivity index (χ2v) is 27.6. The van der Waals surface area contributed by atoms with Crippen molar-refractivity contribution >= 4 is 83.3 Å². The summed E-state index contributed by atoms with van der Waals surface area (Å²) in [6.45, 7) is 15.3. The third-order valence-corrected chi connectivity index (χ3v) is 20.6. The second kappa shape index (κ2) is 25.6. The highest BCUT2D eigenvalue weighted by Gasteiger charge is 2.60. The van der Waals surface area contributed by atoms with Crippen molar-refractivity contribution < 1.29 is 67.0 Å². The van der Waals surface area contributed by atoms with Crippen LogP contribution in [0.3, 0.4) is 0 Å². The summed E-state index contributed by atoms with van der Waals surface area (Å²) in [5.41, 5.74) is 40.7. The first-order valence-corrected chi connectivity index (χ1v) is 31.4. The molecule has 0 radical (unpaired) electrons. The Labute approximate surface area is 520 Å². The van der Waals surface area contributed by atoms with Crippen LogP contribution in [-0.2, 0) is 51.9 Å². The van der Waals surface area contributed by atoms with Crippen molar-refractivity contribution in [3.8, 4) is 0 Å². The maximum atomic E-state index is 14.2. The highest BCUT2D eigenvalue weighted by atomic mass is 31.2. The zero-order valence-corrected chi connectivity index (χ0v) is 53.0. The number of carbonyl (C=O) groups is 7. The molecule has 6 aliphatic heterocycles. The molecule has 490 valence electrons. The van der Waals surface area contributed by atoms with Crippen molar-refractivity contribution in [2.24, 2.45) is 94.7 Å². The lowest BCUT2D eigenvalue weighted by Gasteiger charge is -2.42. The number of primary amides is 6. The van der Waals surface area contributed by atoms with Gasteiger partial charge in [-0.05, 0) is 76.7 Å². The van der Waals surface area contributed by atoms with E-state index in [1.165, 1.54) is 24.1 Å². The van der Waals surface area contributed by atoms with Gasteiger partial charge in [0.05, 0.1) is 30.3 Å². The SMILES string of the molecule is C/C1=C2N=C(/C=C3\N/C(=C(/C)C4=NC(C)(/C=C5N=C1C(C)(CCC(=O)NCC(C)OP(=O)(O)OC[C@H]1O[C@@H](n6cnc7c(N)ncnc76)[C@H](O)[C@@H]1O)C\5CC(N)=O)C(C)(CC(N)=O)C4CCC(N)=O)C(C)(CC(N)=O)C3CCC(N)=O)C(C)(C)C/2CCC(N)=O. The van der Waals surface area contributed by atoms with Gasteiger partial charge in [-0.2, -0.15) is 0 Å². The molecule has 30 nitrogen and oxygen atoms in total. The number of anilines is 1. The van der Waals surface area contributed by atoms with Gasteiger partial charge in [-0.15, -0.1) is 0 Å². The minimum atomic E-state index is -4.93. The van der Waals surface area contributed by atoms with E-state index >= 15 is 0 Å². The smallest absolute Gasteiger partial charge is 0.387 e. The Morgan fingerprint density at radius 3 is 2.01 bits per heavy atom. The molecule has 8 heterocycles. The number of nitrogens with zero attached hydrogens (tertiary/aromatic N) is 7. The number of nitrogens with one attached hydrogen (secondary N) is 2. The van der Waals surface area contributed by atoms with Crippen LogP contribution in [0.25, 0.3) is 11.2 Å². The third-order valence-electron chi connectivity index (χ3n) is 19.5. The number of aliphatic hydroxyl groups excluding tert-OH is 2. The van der Waals surface area contributed by atoms with Gasteiger partial charge in [0.15, 0.2) is 17.7 Å². The van der Waals surface area contributed by atoms with Crippen LogP contribution in [0.5, 0.6) is 0 Å². The van der Waals surface area contributed by atoms with Gasteiger partial charge in [0.2, 0.25) is 41.4 Å². The van der Waals surface area contributed by atoms with Gasteiger partial charge >= 0.3 is 7.82 Å². The Balaban J connectivity index is 1.17. The summed E-state index contributed by atoms with van der Waals surface area (Å²) < 4.78 is 31.1. The van der Waals surface area contributed by atoms with Crippen LogP contribution >= 0.6 is 7.82 Å². The first-order chi connectivity index (χ1) is 41.9. The molecule has 14 atom stereocenters. The molecule has 2 aromatic rings. The van der Waals surface area contributed by atoms with E-state index in [0.717, 1.165) is 0 Å². The van der Waals surface area contributed by atoms with Gasteiger partial charge in [-0.3, -0.25) is 62.2 Å². The van der Waals surface area contributed by atoms with Gasteiger partial charge in [0.1, 0.15) is 30.2 Å². The van der Waals surface area contributed by atoms with E-state index in [-0.39, 0.29) is 94.2 Å². The molecule has 2 fully saturated rings. The molecular weight excluding hydrogens is 1190 g/mol.